The standard InChI is InChI=1S/C27H25ClN2O3S/c1-20-12-14-25(15-13-20)34(32,33)30(18-21-6-4-10-24(28)16-21)19-27(31)29-17-23-9-5-8-22-7-2-3-11-26(22)23/h2-16H,17-19H2,1H3,(H,29,31). The normalized spacial score (nSPS) is 11.6. The third kappa shape index (κ3) is 5.65. The molecule has 34 heavy (non-hydrogen) atoms. The quantitative estimate of drug-likeness (QED) is 0.362. The molecule has 0 radical (unpaired) electrons. The lowest BCUT2D eigenvalue weighted by Gasteiger charge is -2.22. The van der Waals surface area contributed by atoms with Gasteiger partial charge in [-0.25, -0.2) is 8.42 Å². The Kier molecular flexibility index (Phi) is 7.32. The van der Waals surface area contributed by atoms with Crippen LogP contribution in [-0.2, 0) is 27.9 Å². The maximum atomic E-state index is 13.4. The molecule has 0 aliphatic carbocycles. The third-order valence-corrected chi connectivity index (χ3v) is 7.62. The van der Waals surface area contributed by atoms with Crippen LogP contribution in [0.25, 0.3) is 10.8 Å². The molecule has 0 fully saturated rings. The minimum atomic E-state index is -3.91. The minimum absolute atomic E-state index is 0.0262. The lowest BCUT2D eigenvalue weighted by atomic mass is 10.0. The van der Waals surface area contributed by atoms with E-state index in [-0.39, 0.29) is 23.9 Å². The maximum absolute atomic E-state index is 13.4. The van der Waals surface area contributed by atoms with Crippen molar-refractivity contribution in [2.75, 3.05) is 6.54 Å². The zero-order chi connectivity index (χ0) is 24.1. The first kappa shape index (κ1) is 24.0. The Morgan fingerprint density at radius 1 is 0.912 bits per heavy atom. The fourth-order valence-corrected chi connectivity index (χ4v) is 5.38. The van der Waals surface area contributed by atoms with Crippen LogP contribution in [0.2, 0.25) is 5.02 Å². The summed E-state index contributed by atoms with van der Waals surface area (Å²) in [6, 6.07) is 27.4. The number of carbonyl (C=O) groups is 1. The summed E-state index contributed by atoms with van der Waals surface area (Å²) in [6.45, 7) is 1.91. The van der Waals surface area contributed by atoms with E-state index in [9.17, 15) is 13.2 Å². The summed E-state index contributed by atoms with van der Waals surface area (Å²) in [5.74, 6) is -0.384. The molecule has 0 aliphatic heterocycles. The van der Waals surface area contributed by atoms with Gasteiger partial charge >= 0.3 is 0 Å². The molecule has 0 aliphatic rings. The smallest absolute Gasteiger partial charge is 0.243 e. The molecule has 0 heterocycles. The van der Waals surface area contributed by atoms with Crippen molar-refractivity contribution in [1.29, 1.82) is 0 Å². The number of amides is 1. The summed E-state index contributed by atoms with van der Waals surface area (Å²) in [4.78, 5) is 13.0. The number of hydrogen-bond acceptors (Lipinski definition) is 3. The first-order chi connectivity index (χ1) is 16.3. The summed E-state index contributed by atoms with van der Waals surface area (Å²) in [7, 11) is -3.91. The molecular formula is C27H25ClN2O3S. The molecule has 7 heteroatoms. The number of fused-ring (bicyclic) bond motifs is 1. The fraction of sp³-hybridized carbons (Fsp3) is 0.148. The van der Waals surface area contributed by atoms with Gasteiger partial charge in [0.05, 0.1) is 11.4 Å². The van der Waals surface area contributed by atoms with Gasteiger partial charge in [0.2, 0.25) is 15.9 Å². The summed E-state index contributed by atoms with van der Waals surface area (Å²) >= 11 is 6.10. The molecule has 1 N–H and O–H groups in total. The Bertz CT molecular complexity index is 1410. The van der Waals surface area contributed by atoms with Gasteiger partial charge in [0.25, 0.3) is 0 Å². The highest BCUT2D eigenvalue weighted by atomic mass is 35.5. The van der Waals surface area contributed by atoms with Crippen LogP contribution < -0.4 is 5.32 Å². The Hall–Kier alpha value is -3.19. The third-order valence-electron chi connectivity index (χ3n) is 5.58. The molecule has 0 saturated carbocycles. The predicted octanol–water partition coefficient (Wildman–Crippen LogP) is 5.31. The maximum Gasteiger partial charge on any atom is 0.243 e. The van der Waals surface area contributed by atoms with E-state index >= 15 is 0 Å². The van der Waals surface area contributed by atoms with Crippen LogP contribution in [-0.4, -0.2) is 25.2 Å². The largest absolute Gasteiger partial charge is 0.351 e. The van der Waals surface area contributed by atoms with Crippen molar-refractivity contribution in [2.45, 2.75) is 24.9 Å². The van der Waals surface area contributed by atoms with Crippen molar-refractivity contribution in [2.24, 2.45) is 0 Å². The zero-order valence-electron chi connectivity index (χ0n) is 18.7. The van der Waals surface area contributed by atoms with E-state index in [0.29, 0.717) is 17.1 Å². The van der Waals surface area contributed by atoms with E-state index < -0.39 is 10.0 Å². The van der Waals surface area contributed by atoms with E-state index in [1.807, 2.05) is 49.4 Å². The number of benzene rings is 4. The first-order valence-corrected chi connectivity index (χ1v) is 12.7. The van der Waals surface area contributed by atoms with Gasteiger partial charge in [-0.1, -0.05) is 83.9 Å². The Balaban J connectivity index is 1.55. The summed E-state index contributed by atoms with van der Waals surface area (Å²) < 4.78 is 28.0. The molecule has 0 atom stereocenters. The van der Waals surface area contributed by atoms with E-state index in [4.69, 9.17) is 11.6 Å². The molecule has 1 amide bonds. The number of rotatable bonds is 8. The second kappa shape index (κ2) is 10.4. The van der Waals surface area contributed by atoms with Gasteiger partial charge in [0.15, 0.2) is 0 Å². The second-order valence-electron chi connectivity index (χ2n) is 8.13. The number of halogens is 1. The summed E-state index contributed by atoms with van der Waals surface area (Å²) in [5.41, 5.74) is 2.62. The number of nitrogens with zero attached hydrogens (tertiary/aromatic N) is 1. The van der Waals surface area contributed by atoms with Gasteiger partial charge in [-0.2, -0.15) is 4.31 Å². The van der Waals surface area contributed by atoms with Crippen LogP contribution in [0.4, 0.5) is 0 Å². The molecule has 0 bridgehead atoms. The van der Waals surface area contributed by atoms with Crippen molar-refractivity contribution in [3.05, 3.63) is 113 Å². The molecule has 0 spiro atoms. The molecule has 174 valence electrons. The second-order valence-corrected chi connectivity index (χ2v) is 10.5. The molecular weight excluding hydrogens is 468 g/mol. The van der Waals surface area contributed by atoms with Crippen molar-refractivity contribution in [3.63, 3.8) is 0 Å². The van der Waals surface area contributed by atoms with E-state index in [0.717, 1.165) is 21.9 Å². The average Bonchev–Trinajstić information content (AvgIpc) is 2.82. The van der Waals surface area contributed by atoms with Crippen molar-refractivity contribution < 1.29 is 13.2 Å². The van der Waals surface area contributed by atoms with Gasteiger partial charge in [-0.15, -0.1) is 0 Å². The van der Waals surface area contributed by atoms with Crippen LogP contribution in [0.1, 0.15) is 16.7 Å². The number of aryl methyl sites for hydroxylation is 1. The Morgan fingerprint density at radius 3 is 2.38 bits per heavy atom. The molecule has 0 aromatic heterocycles. The molecule has 4 aromatic carbocycles. The highest BCUT2D eigenvalue weighted by Gasteiger charge is 2.27. The summed E-state index contributed by atoms with van der Waals surface area (Å²) in [5, 5.41) is 5.52. The molecule has 0 saturated heterocycles. The predicted molar refractivity (Wildman–Crippen MR) is 136 cm³/mol. The van der Waals surface area contributed by atoms with Gasteiger partial charge in [0.1, 0.15) is 0 Å². The van der Waals surface area contributed by atoms with Gasteiger partial charge in [-0.3, -0.25) is 4.79 Å². The van der Waals surface area contributed by atoms with Crippen LogP contribution in [0, 0.1) is 6.92 Å². The van der Waals surface area contributed by atoms with Gasteiger partial charge in [0, 0.05) is 18.1 Å². The highest BCUT2D eigenvalue weighted by Crippen LogP contribution is 2.21. The summed E-state index contributed by atoms with van der Waals surface area (Å²) in [6.07, 6.45) is 0. The highest BCUT2D eigenvalue weighted by molar-refractivity contribution is 7.89. The minimum Gasteiger partial charge on any atom is -0.351 e. The van der Waals surface area contributed by atoms with Crippen molar-refractivity contribution >= 4 is 38.3 Å². The van der Waals surface area contributed by atoms with Gasteiger partial charge < -0.3 is 5.32 Å². The number of sulfonamides is 1. The lowest BCUT2D eigenvalue weighted by molar-refractivity contribution is -0.121. The SMILES string of the molecule is Cc1ccc(S(=O)(=O)N(CC(=O)NCc2cccc3ccccc23)Cc2cccc(Cl)c2)cc1. The number of hydrogen-bond donors (Lipinski definition) is 1. The monoisotopic (exact) mass is 492 g/mol. The molecule has 4 rings (SSSR count). The molecule has 4 aromatic rings. The van der Waals surface area contributed by atoms with Crippen LogP contribution in [0.3, 0.4) is 0 Å². The topological polar surface area (TPSA) is 66.5 Å². The van der Waals surface area contributed by atoms with E-state index in [2.05, 4.69) is 5.32 Å². The van der Waals surface area contributed by atoms with Crippen LogP contribution in [0.15, 0.2) is 95.9 Å². The van der Waals surface area contributed by atoms with E-state index in [1.165, 1.54) is 4.31 Å². The zero-order valence-corrected chi connectivity index (χ0v) is 20.3. The lowest BCUT2D eigenvalue weighted by Crippen LogP contribution is -2.40. The van der Waals surface area contributed by atoms with Crippen LogP contribution >= 0.6 is 11.6 Å². The van der Waals surface area contributed by atoms with E-state index in [1.54, 1.807) is 48.5 Å². The fourth-order valence-electron chi connectivity index (χ4n) is 3.78. The number of carbonyl (C=O) groups excluding carboxylic acids is 1. The average molecular weight is 493 g/mol. The number of nitrogens with one attached hydrogen (secondary N) is 1. The van der Waals surface area contributed by atoms with Crippen LogP contribution in [0.5, 0.6) is 0 Å². The molecule has 0 unspecified atom stereocenters. The van der Waals surface area contributed by atoms with Crippen molar-refractivity contribution in [1.82, 2.24) is 9.62 Å². The van der Waals surface area contributed by atoms with Crippen molar-refractivity contribution in [3.8, 4) is 0 Å². The first-order valence-electron chi connectivity index (χ1n) is 10.9. The Labute approximate surface area is 205 Å². The Morgan fingerprint density at radius 2 is 1.62 bits per heavy atom. The van der Waals surface area contributed by atoms with Gasteiger partial charge in [-0.05, 0) is 53.1 Å². The molecule has 5 nitrogen and oxygen atoms in total.